The summed E-state index contributed by atoms with van der Waals surface area (Å²) in [5.74, 6) is -0.0319. The molecule has 0 saturated carbocycles. The summed E-state index contributed by atoms with van der Waals surface area (Å²) in [6.07, 6.45) is 6.43. The van der Waals surface area contributed by atoms with Crippen LogP contribution in [0.4, 0.5) is 0 Å². The first kappa shape index (κ1) is 8.61. The molecule has 0 aromatic carbocycles. The number of ketones is 1. The molecule has 2 heterocycles. The van der Waals surface area contributed by atoms with E-state index in [1.165, 1.54) is 10.9 Å². The number of rotatable bonds is 3. The van der Waals surface area contributed by atoms with Crippen LogP contribution in [0.15, 0.2) is 24.9 Å². The van der Waals surface area contributed by atoms with E-state index in [2.05, 4.69) is 15.3 Å². The van der Waals surface area contributed by atoms with Gasteiger partial charge in [0.2, 0.25) is 5.78 Å². The van der Waals surface area contributed by atoms with Gasteiger partial charge in [-0.25, -0.2) is 9.67 Å². The van der Waals surface area contributed by atoms with Crippen LogP contribution in [-0.2, 0) is 13.6 Å². The highest BCUT2D eigenvalue weighted by Gasteiger charge is 2.10. The molecule has 0 fully saturated rings. The van der Waals surface area contributed by atoms with Crippen molar-refractivity contribution < 1.29 is 4.79 Å². The van der Waals surface area contributed by atoms with Gasteiger partial charge in [-0.15, -0.1) is 5.10 Å². The second kappa shape index (κ2) is 3.41. The molecule has 0 amide bonds. The fourth-order valence-electron chi connectivity index (χ4n) is 1.17. The molecule has 0 aliphatic carbocycles. The van der Waals surface area contributed by atoms with Crippen LogP contribution >= 0.6 is 0 Å². The standard InChI is InChI=1S/C8H9N5O/c1-12-7(4-10-11-12)8(14)5-13-3-2-9-6-13/h2-4,6H,5H2,1H3. The second-order valence-electron chi connectivity index (χ2n) is 2.90. The first-order valence-corrected chi connectivity index (χ1v) is 4.11. The van der Waals surface area contributed by atoms with Crippen molar-refractivity contribution in [1.29, 1.82) is 0 Å². The summed E-state index contributed by atoms with van der Waals surface area (Å²) in [5.41, 5.74) is 0.499. The maximum absolute atomic E-state index is 11.6. The molecule has 2 rings (SSSR count). The number of carbonyl (C=O) groups excluding carboxylic acids is 1. The van der Waals surface area contributed by atoms with Crippen LogP contribution in [-0.4, -0.2) is 30.3 Å². The molecule has 0 N–H and O–H groups in total. The highest BCUT2D eigenvalue weighted by atomic mass is 16.1. The van der Waals surface area contributed by atoms with Crippen molar-refractivity contribution in [1.82, 2.24) is 24.5 Å². The zero-order chi connectivity index (χ0) is 9.97. The van der Waals surface area contributed by atoms with Gasteiger partial charge in [0.1, 0.15) is 5.69 Å². The van der Waals surface area contributed by atoms with Crippen molar-refractivity contribution in [3.05, 3.63) is 30.6 Å². The van der Waals surface area contributed by atoms with Gasteiger partial charge in [0.15, 0.2) is 0 Å². The van der Waals surface area contributed by atoms with Gasteiger partial charge >= 0.3 is 0 Å². The minimum Gasteiger partial charge on any atom is -0.330 e. The first-order valence-electron chi connectivity index (χ1n) is 4.11. The van der Waals surface area contributed by atoms with E-state index in [1.807, 2.05) is 0 Å². The average molecular weight is 191 g/mol. The van der Waals surface area contributed by atoms with E-state index >= 15 is 0 Å². The quantitative estimate of drug-likeness (QED) is 0.635. The van der Waals surface area contributed by atoms with Crippen molar-refractivity contribution >= 4 is 5.78 Å². The monoisotopic (exact) mass is 191 g/mol. The highest BCUT2D eigenvalue weighted by molar-refractivity contribution is 5.93. The molecule has 2 aromatic heterocycles. The maximum atomic E-state index is 11.6. The largest absolute Gasteiger partial charge is 0.330 e. The molecule has 0 aliphatic heterocycles. The molecule has 72 valence electrons. The summed E-state index contributed by atoms with van der Waals surface area (Å²) < 4.78 is 3.16. The van der Waals surface area contributed by atoms with Crippen LogP contribution in [0, 0.1) is 0 Å². The molecule has 0 aliphatic rings. The zero-order valence-corrected chi connectivity index (χ0v) is 7.66. The van der Waals surface area contributed by atoms with Crippen LogP contribution < -0.4 is 0 Å². The highest BCUT2D eigenvalue weighted by Crippen LogP contribution is 1.98. The molecule has 0 saturated heterocycles. The average Bonchev–Trinajstić information content (AvgIpc) is 2.75. The molecule has 0 bridgehead atoms. The SMILES string of the molecule is Cn1nncc1C(=O)Cn1ccnc1. The number of imidazole rings is 1. The molecular weight excluding hydrogens is 182 g/mol. The molecule has 0 atom stereocenters. The Balaban J connectivity index is 2.14. The Hall–Kier alpha value is -1.98. The Morgan fingerprint density at radius 1 is 1.57 bits per heavy atom. The van der Waals surface area contributed by atoms with Gasteiger partial charge in [-0.3, -0.25) is 4.79 Å². The molecule has 0 radical (unpaired) electrons. The molecular formula is C8H9N5O. The summed E-state index contributed by atoms with van der Waals surface area (Å²) in [5, 5.41) is 7.33. The number of hydrogen-bond donors (Lipinski definition) is 0. The Bertz CT molecular complexity index is 430. The van der Waals surface area contributed by atoms with Gasteiger partial charge in [-0.1, -0.05) is 5.21 Å². The van der Waals surface area contributed by atoms with Gasteiger partial charge < -0.3 is 4.57 Å². The molecule has 6 heteroatoms. The predicted octanol–water partition coefficient (Wildman–Crippen LogP) is -0.106. The second-order valence-corrected chi connectivity index (χ2v) is 2.90. The van der Waals surface area contributed by atoms with E-state index in [-0.39, 0.29) is 12.3 Å². The molecule has 0 unspecified atom stereocenters. The number of nitrogens with zero attached hydrogens (tertiary/aromatic N) is 5. The smallest absolute Gasteiger partial charge is 0.202 e. The lowest BCUT2D eigenvalue weighted by atomic mass is 10.3. The topological polar surface area (TPSA) is 65.6 Å². The van der Waals surface area contributed by atoms with Crippen molar-refractivity contribution in [3.8, 4) is 0 Å². The molecule has 14 heavy (non-hydrogen) atoms. The lowest BCUT2D eigenvalue weighted by molar-refractivity contribution is 0.0963. The summed E-state index contributed by atoms with van der Waals surface area (Å²) in [4.78, 5) is 15.5. The molecule has 6 nitrogen and oxygen atoms in total. The van der Waals surface area contributed by atoms with Gasteiger partial charge in [0.25, 0.3) is 0 Å². The Labute approximate surface area is 80.2 Å². The van der Waals surface area contributed by atoms with E-state index in [1.54, 1.807) is 30.3 Å². The Morgan fingerprint density at radius 2 is 2.43 bits per heavy atom. The fourth-order valence-corrected chi connectivity index (χ4v) is 1.17. The van der Waals surface area contributed by atoms with Crippen LogP contribution in [0.1, 0.15) is 10.5 Å². The number of carbonyl (C=O) groups is 1. The van der Waals surface area contributed by atoms with Gasteiger partial charge in [0.05, 0.1) is 19.1 Å². The van der Waals surface area contributed by atoms with Gasteiger partial charge in [0, 0.05) is 19.4 Å². The van der Waals surface area contributed by atoms with E-state index in [9.17, 15) is 4.79 Å². The lowest BCUT2D eigenvalue weighted by Crippen LogP contribution is -2.13. The van der Waals surface area contributed by atoms with Crippen molar-refractivity contribution in [2.24, 2.45) is 7.05 Å². The number of aromatic nitrogens is 5. The van der Waals surface area contributed by atoms with Crippen molar-refractivity contribution in [3.63, 3.8) is 0 Å². The number of aryl methyl sites for hydroxylation is 1. The summed E-state index contributed by atoms with van der Waals surface area (Å²) in [6.45, 7) is 0.265. The number of Topliss-reactive ketones (excluding diaryl/α,β-unsaturated/α-hetero) is 1. The van der Waals surface area contributed by atoms with Gasteiger partial charge in [-0.2, -0.15) is 0 Å². The Kier molecular flexibility index (Phi) is 2.10. The third-order valence-electron chi connectivity index (χ3n) is 1.89. The minimum absolute atomic E-state index is 0.0319. The number of hydrogen-bond acceptors (Lipinski definition) is 4. The first-order chi connectivity index (χ1) is 6.77. The summed E-state index contributed by atoms with van der Waals surface area (Å²) in [7, 11) is 1.69. The van der Waals surface area contributed by atoms with E-state index in [0.717, 1.165) is 0 Å². The summed E-state index contributed by atoms with van der Waals surface area (Å²) >= 11 is 0. The zero-order valence-electron chi connectivity index (χ0n) is 7.66. The van der Waals surface area contributed by atoms with Crippen LogP contribution in [0.3, 0.4) is 0 Å². The predicted molar refractivity (Wildman–Crippen MR) is 47.6 cm³/mol. The van der Waals surface area contributed by atoms with Crippen LogP contribution in [0.2, 0.25) is 0 Å². The van der Waals surface area contributed by atoms with Crippen LogP contribution in [0.5, 0.6) is 0 Å². The van der Waals surface area contributed by atoms with Crippen LogP contribution in [0.25, 0.3) is 0 Å². The lowest BCUT2D eigenvalue weighted by Gasteiger charge is -2.00. The third-order valence-corrected chi connectivity index (χ3v) is 1.89. The minimum atomic E-state index is -0.0319. The molecule has 0 spiro atoms. The van der Waals surface area contributed by atoms with E-state index < -0.39 is 0 Å². The van der Waals surface area contributed by atoms with Crippen molar-refractivity contribution in [2.45, 2.75) is 6.54 Å². The third kappa shape index (κ3) is 1.54. The van der Waals surface area contributed by atoms with E-state index in [4.69, 9.17) is 0 Å². The summed E-state index contributed by atoms with van der Waals surface area (Å²) in [6, 6.07) is 0. The maximum Gasteiger partial charge on any atom is 0.202 e. The van der Waals surface area contributed by atoms with Gasteiger partial charge in [-0.05, 0) is 0 Å². The Morgan fingerprint density at radius 3 is 3.00 bits per heavy atom. The molecule has 2 aromatic rings. The fraction of sp³-hybridized carbons (Fsp3) is 0.250. The van der Waals surface area contributed by atoms with E-state index in [0.29, 0.717) is 5.69 Å². The van der Waals surface area contributed by atoms with Crippen molar-refractivity contribution in [2.75, 3.05) is 0 Å². The normalized spacial score (nSPS) is 10.4.